The summed E-state index contributed by atoms with van der Waals surface area (Å²) in [7, 11) is 1.42. The summed E-state index contributed by atoms with van der Waals surface area (Å²) in [5.41, 5.74) is -0.699. The van der Waals surface area contributed by atoms with E-state index in [4.69, 9.17) is 11.6 Å². The van der Waals surface area contributed by atoms with Gasteiger partial charge in [0.2, 0.25) is 5.91 Å². The first kappa shape index (κ1) is 17.6. The zero-order valence-electron chi connectivity index (χ0n) is 12.6. The Balaban J connectivity index is 2.16. The SMILES string of the molecule is CN(Cc1c(F)cccc1Cl)C(=O)Cn1cc([N+](=O)[O-])ccc1=O. The molecule has 0 N–H and O–H groups in total. The maximum atomic E-state index is 13.8. The van der Waals surface area contributed by atoms with E-state index in [-0.39, 0.29) is 22.8 Å². The third-order valence-electron chi connectivity index (χ3n) is 3.37. The summed E-state index contributed by atoms with van der Waals surface area (Å²) in [4.78, 5) is 35.2. The predicted octanol–water partition coefficient (Wildman–Crippen LogP) is 2.21. The van der Waals surface area contributed by atoms with E-state index in [9.17, 15) is 24.1 Å². The first-order valence-corrected chi connectivity index (χ1v) is 7.19. The Labute approximate surface area is 141 Å². The van der Waals surface area contributed by atoms with Crippen molar-refractivity contribution in [2.75, 3.05) is 7.05 Å². The summed E-state index contributed by atoms with van der Waals surface area (Å²) in [6, 6.07) is 6.25. The van der Waals surface area contributed by atoms with E-state index in [0.29, 0.717) is 0 Å². The lowest BCUT2D eigenvalue weighted by atomic mass is 10.2. The van der Waals surface area contributed by atoms with Crippen molar-refractivity contribution in [1.82, 2.24) is 9.47 Å². The Bertz CT molecular complexity index is 833. The van der Waals surface area contributed by atoms with Crippen LogP contribution in [0.2, 0.25) is 5.02 Å². The largest absolute Gasteiger partial charge is 0.340 e. The smallest absolute Gasteiger partial charge is 0.285 e. The molecule has 2 rings (SSSR count). The molecule has 1 aromatic heterocycles. The van der Waals surface area contributed by atoms with E-state index >= 15 is 0 Å². The summed E-state index contributed by atoms with van der Waals surface area (Å²) in [5, 5.41) is 10.9. The fraction of sp³-hybridized carbons (Fsp3) is 0.200. The molecular weight excluding hydrogens is 341 g/mol. The molecule has 0 fully saturated rings. The van der Waals surface area contributed by atoms with Crippen LogP contribution in [-0.4, -0.2) is 27.3 Å². The number of aromatic nitrogens is 1. The van der Waals surface area contributed by atoms with Crippen LogP contribution in [0.25, 0.3) is 0 Å². The summed E-state index contributed by atoms with van der Waals surface area (Å²) >= 11 is 5.91. The zero-order valence-corrected chi connectivity index (χ0v) is 13.4. The quantitative estimate of drug-likeness (QED) is 0.609. The number of likely N-dealkylation sites (N-methyl/N-ethyl adjacent to an activating group) is 1. The number of rotatable bonds is 5. The van der Waals surface area contributed by atoms with Crippen molar-refractivity contribution in [3.8, 4) is 0 Å². The molecule has 0 saturated heterocycles. The van der Waals surface area contributed by atoms with Crippen LogP contribution >= 0.6 is 11.6 Å². The highest BCUT2D eigenvalue weighted by atomic mass is 35.5. The van der Waals surface area contributed by atoms with Gasteiger partial charge in [0.25, 0.3) is 11.2 Å². The lowest BCUT2D eigenvalue weighted by molar-refractivity contribution is -0.385. The van der Waals surface area contributed by atoms with E-state index in [1.807, 2.05) is 0 Å². The first-order chi connectivity index (χ1) is 11.3. The number of hydrogen-bond donors (Lipinski definition) is 0. The van der Waals surface area contributed by atoms with Crippen molar-refractivity contribution >= 4 is 23.2 Å². The molecule has 24 heavy (non-hydrogen) atoms. The predicted molar refractivity (Wildman–Crippen MR) is 85.2 cm³/mol. The van der Waals surface area contributed by atoms with Crippen LogP contribution in [0, 0.1) is 15.9 Å². The summed E-state index contributed by atoms with van der Waals surface area (Å²) in [6.45, 7) is -0.489. The van der Waals surface area contributed by atoms with Crippen LogP contribution in [0.4, 0.5) is 10.1 Å². The van der Waals surface area contributed by atoms with Gasteiger partial charge in [0, 0.05) is 36.3 Å². The Morgan fingerprint density at radius 3 is 2.71 bits per heavy atom. The number of nitrogens with zero attached hydrogens (tertiary/aromatic N) is 3. The van der Waals surface area contributed by atoms with Crippen LogP contribution < -0.4 is 5.56 Å². The highest BCUT2D eigenvalue weighted by Gasteiger charge is 2.16. The number of hydrogen-bond acceptors (Lipinski definition) is 4. The van der Waals surface area contributed by atoms with Gasteiger partial charge in [-0.3, -0.25) is 24.3 Å². The summed E-state index contributed by atoms with van der Waals surface area (Å²) in [6.07, 6.45) is 0.990. The highest BCUT2D eigenvalue weighted by Crippen LogP contribution is 2.20. The molecule has 1 amide bonds. The normalized spacial score (nSPS) is 10.5. The molecule has 0 spiro atoms. The van der Waals surface area contributed by atoms with Crippen LogP contribution in [-0.2, 0) is 17.9 Å². The minimum absolute atomic E-state index is 0.0893. The minimum Gasteiger partial charge on any atom is -0.340 e. The molecule has 0 aliphatic carbocycles. The number of pyridine rings is 1. The van der Waals surface area contributed by atoms with Crippen LogP contribution in [0.1, 0.15) is 5.56 Å². The average Bonchev–Trinajstić information content (AvgIpc) is 2.52. The molecule has 0 atom stereocenters. The Hall–Kier alpha value is -2.74. The minimum atomic E-state index is -0.663. The molecule has 9 heteroatoms. The fourth-order valence-electron chi connectivity index (χ4n) is 2.03. The standard InChI is InChI=1S/C15H13ClFN3O4/c1-18(8-11-12(16)3-2-4-13(11)17)15(22)9-19-7-10(20(23)24)5-6-14(19)21/h2-7H,8-9H2,1H3. The van der Waals surface area contributed by atoms with Gasteiger partial charge < -0.3 is 4.90 Å². The lowest BCUT2D eigenvalue weighted by Gasteiger charge is -2.19. The lowest BCUT2D eigenvalue weighted by Crippen LogP contribution is -2.33. The van der Waals surface area contributed by atoms with E-state index in [2.05, 4.69) is 0 Å². The van der Waals surface area contributed by atoms with Crippen molar-refractivity contribution in [2.24, 2.45) is 0 Å². The van der Waals surface area contributed by atoms with Gasteiger partial charge in [0.1, 0.15) is 12.4 Å². The number of carbonyl (C=O) groups excluding carboxylic acids is 1. The van der Waals surface area contributed by atoms with Gasteiger partial charge in [-0.1, -0.05) is 17.7 Å². The Kier molecular flexibility index (Phi) is 5.30. The van der Waals surface area contributed by atoms with Gasteiger partial charge >= 0.3 is 0 Å². The first-order valence-electron chi connectivity index (χ1n) is 6.81. The second-order valence-corrected chi connectivity index (χ2v) is 5.47. The van der Waals surface area contributed by atoms with Gasteiger partial charge in [0.05, 0.1) is 11.1 Å². The molecule has 0 radical (unpaired) electrons. The number of benzene rings is 1. The number of amides is 1. The third-order valence-corrected chi connectivity index (χ3v) is 3.72. The van der Waals surface area contributed by atoms with E-state index in [1.54, 1.807) is 0 Å². The number of halogens is 2. The number of carbonyl (C=O) groups is 1. The third kappa shape index (κ3) is 3.96. The molecule has 126 valence electrons. The van der Waals surface area contributed by atoms with Crippen LogP contribution in [0.3, 0.4) is 0 Å². The van der Waals surface area contributed by atoms with Gasteiger partial charge in [0.15, 0.2) is 0 Å². The Morgan fingerprint density at radius 1 is 1.38 bits per heavy atom. The van der Waals surface area contributed by atoms with Gasteiger partial charge in [-0.05, 0) is 12.1 Å². The number of nitro groups is 1. The van der Waals surface area contributed by atoms with Gasteiger partial charge in [-0.15, -0.1) is 0 Å². The second kappa shape index (κ2) is 7.22. The van der Waals surface area contributed by atoms with Crippen molar-refractivity contribution < 1.29 is 14.1 Å². The topological polar surface area (TPSA) is 85.4 Å². The van der Waals surface area contributed by atoms with E-state index in [1.165, 1.54) is 30.1 Å². The van der Waals surface area contributed by atoms with Crippen LogP contribution in [0.5, 0.6) is 0 Å². The van der Waals surface area contributed by atoms with Crippen LogP contribution in [0.15, 0.2) is 41.3 Å². The molecule has 0 saturated carbocycles. The maximum absolute atomic E-state index is 13.8. The molecule has 1 aromatic carbocycles. The molecule has 7 nitrogen and oxygen atoms in total. The Morgan fingerprint density at radius 2 is 2.08 bits per heavy atom. The van der Waals surface area contributed by atoms with Crippen molar-refractivity contribution in [3.63, 3.8) is 0 Å². The monoisotopic (exact) mass is 353 g/mol. The summed E-state index contributed by atoms with van der Waals surface area (Å²) in [5.74, 6) is -1.06. The fourth-order valence-corrected chi connectivity index (χ4v) is 2.25. The van der Waals surface area contributed by atoms with Crippen molar-refractivity contribution in [2.45, 2.75) is 13.1 Å². The molecular formula is C15H13ClFN3O4. The second-order valence-electron chi connectivity index (χ2n) is 5.06. The zero-order chi connectivity index (χ0) is 17.9. The molecule has 1 heterocycles. The summed E-state index contributed by atoms with van der Waals surface area (Å²) < 4.78 is 14.7. The molecule has 2 aromatic rings. The average molecular weight is 354 g/mol. The highest BCUT2D eigenvalue weighted by molar-refractivity contribution is 6.31. The van der Waals surface area contributed by atoms with Crippen molar-refractivity contribution in [3.05, 3.63) is 73.4 Å². The molecule has 0 aliphatic heterocycles. The molecule has 0 unspecified atom stereocenters. The van der Waals surface area contributed by atoms with E-state index in [0.717, 1.165) is 22.9 Å². The van der Waals surface area contributed by atoms with E-state index < -0.39 is 28.8 Å². The molecule has 0 aliphatic rings. The maximum Gasteiger partial charge on any atom is 0.285 e. The van der Waals surface area contributed by atoms with Gasteiger partial charge in [-0.25, -0.2) is 4.39 Å². The van der Waals surface area contributed by atoms with Crippen molar-refractivity contribution in [1.29, 1.82) is 0 Å². The van der Waals surface area contributed by atoms with Gasteiger partial charge in [-0.2, -0.15) is 0 Å². The molecule has 0 bridgehead atoms.